The Morgan fingerprint density at radius 3 is 2.48 bits per heavy atom. The summed E-state index contributed by atoms with van der Waals surface area (Å²) in [6.45, 7) is 6.30. The molecule has 0 radical (unpaired) electrons. The maximum absolute atomic E-state index is 13.9. The number of carbonyl (C=O) groups excluding carboxylic acids is 2. The maximum atomic E-state index is 13.9. The molecule has 1 aromatic carbocycles. The smallest absolute Gasteiger partial charge is 0.338 e. The predicted molar refractivity (Wildman–Crippen MR) is 119 cm³/mol. The van der Waals surface area contributed by atoms with Crippen LogP contribution in [0.3, 0.4) is 0 Å². The second kappa shape index (κ2) is 10.6. The topological polar surface area (TPSA) is 73.9 Å². The number of rotatable bonds is 6. The zero-order valence-electron chi connectivity index (χ0n) is 19.0. The quantitative estimate of drug-likeness (QED) is 0.636. The Morgan fingerprint density at radius 1 is 1.09 bits per heavy atom. The van der Waals surface area contributed by atoms with Crippen LogP contribution >= 0.6 is 0 Å². The van der Waals surface area contributed by atoms with Gasteiger partial charge >= 0.3 is 12.0 Å². The molecule has 0 spiro atoms. The lowest BCUT2D eigenvalue weighted by Crippen LogP contribution is -2.51. The first-order valence-corrected chi connectivity index (χ1v) is 11.8. The fourth-order valence-electron chi connectivity index (χ4n) is 5.08. The Bertz CT molecular complexity index is 909. The molecule has 180 valence electrons. The van der Waals surface area contributed by atoms with Crippen LogP contribution in [-0.2, 0) is 9.53 Å². The molecule has 0 saturated carbocycles. The molecule has 3 heterocycles. The maximum Gasteiger partial charge on any atom is 0.338 e. The van der Waals surface area contributed by atoms with E-state index in [0.717, 1.165) is 38.1 Å². The number of carbonyl (C=O) groups is 2. The third kappa shape index (κ3) is 5.52. The van der Waals surface area contributed by atoms with Crippen LogP contribution < -0.4 is 10.6 Å². The van der Waals surface area contributed by atoms with Crippen molar-refractivity contribution in [2.24, 2.45) is 0 Å². The molecule has 1 atom stereocenters. The summed E-state index contributed by atoms with van der Waals surface area (Å²) in [7, 11) is 0. The van der Waals surface area contributed by atoms with E-state index in [1.165, 1.54) is 38.4 Å². The number of esters is 1. The zero-order chi connectivity index (χ0) is 23.4. The van der Waals surface area contributed by atoms with Crippen LogP contribution in [0.5, 0.6) is 0 Å². The van der Waals surface area contributed by atoms with Gasteiger partial charge in [-0.15, -0.1) is 0 Å². The molecule has 0 bridgehead atoms. The number of hydrogen-bond acceptors (Lipinski definition) is 5. The van der Waals surface area contributed by atoms with Gasteiger partial charge in [0, 0.05) is 31.4 Å². The Labute approximate surface area is 193 Å². The largest absolute Gasteiger partial charge is 0.463 e. The van der Waals surface area contributed by atoms with E-state index >= 15 is 0 Å². The molecular formula is C24H32F2N4O3. The number of urea groups is 1. The lowest BCUT2D eigenvalue weighted by atomic mass is 9.94. The number of piperidine rings is 2. The molecule has 0 aromatic heterocycles. The molecule has 3 aliphatic heterocycles. The molecule has 7 nitrogen and oxygen atoms in total. The summed E-state index contributed by atoms with van der Waals surface area (Å²) in [6, 6.07) is 2.54. The summed E-state index contributed by atoms with van der Waals surface area (Å²) in [5.41, 5.74) is 0.956. The number of ether oxygens (including phenoxy) is 1. The highest BCUT2D eigenvalue weighted by Crippen LogP contribution is 2.30. The minimum Gasteiger partial charge on any atom is -0.463 e. The fraction of sp³-hybridized carbons (Fsp3) is 0.583. The molecule has 4 rings (SSSR count). The van der Waals surface area contributed by atoms with Gasteiger partial charge in [-0.05, 0) is 63.4 Å². The van der Waals surface area contributed by atoms with Crippen LogP contribution in [0.15, 0.2) is 29.5 Å². The highest BCUT2D eigenvalue weighted by atomic mass is 19.2. The van der Waals surface area contributed by atoms with Crippen molar-refractivity contribution in [1.82, 2.24) is 20.4 Å². The van der Waals surface area contributed by atoms with E-state index in [1.807, 2.05) is 0 Å². The van der Waals surface area contributed by atoms with Crippen molar-refractivity contribution >= 4 is 12.0 Å². The number of benzene rings is 1. The van der Waals surface area contributed by atoms with Crippen molar-refractivity contribution in [2.45, 2.75) is 51.1 Å². The van der Waals surface area contributed by atoms with Crippen LogP contribution in [0.1, 0.15) is 50.6 Å². The van der Waals surface area contributed by atoms with Gasteiger partial charge in [0.15, 0.2) is 11.6 Å². The van der Waals surface area contributed by atoms with E-state index in [4.69, 9.17) is 4.74 Å². The monoisotopic (exact) mass is 462 g/mol. The number of halogens is 2. The van der Waals surface area contributed by atoms with E-state index < -0.39 is 29.7 Å². The standard InChI is InChI=1S/C24H32F2N4O3/c1-2-33-23(31)21-20(15-29-12-8-17(9-13-29)30-10-4-3-5-11-30)27-24(32)28-22(21)16-6-7-18(25)19(26)14-16/h6-7,14,17,22H,2-5,8-13,15H2,1H3,(H2,27,28,32). The number of hydrogen-bond donors (Lipinski definition) is 2. The predicted octanol–water partition coefficient (Wildman–Crippen LogP) is 3.09. The van der Waals surface area contributed by atoms with Crippen LogP contribution in [-0.4, -0.2) is 67.2 Å². The zero-order valence-corrected chi connectivity index (χ0v) is 19.0. The van der Waals surface area contributed by atoms with Gasteiger partial charge in [-0.25, -0.2) is 18.4 Å². The molecule has 9 heteroatoms. The molecule has 2 saturated heterocycles. The molecular weight excluding hydrogens is 430 g/mol. The van der Waals surface area contributed by atoms with Gasteiger partial charge in [-0.2, -0.15) is 0 Å². The highest BCUT2D eigenvalue weighted by molar-refractivity contribution is 5.95. The van der Waals surface area contributed by atoms with Crippen molar-refractivity contribution in [1.29, 1.82) is 0 Å². The molecule has 0 aliphatic carbocycles. The lowest BCUT2D eigenvalue weighted by molar-refractivity contribution is -0.139. The Balaban J connectivity index is 1.54. The van der Waals surface area contributed by atoms with E-state index in [0.29, 0.717) is 18.3 Å². The number of likely N-dealkylation sites (tertiary alicyclic amines) is 2. The molecule has 3 aliphatic rings. The van der Waals surface area contributed by atoms with Crippen molar-refractivity contribution in [3.05, 3.63) is 46.7 Å². The molecule has 2 fully saturated rings. The first-order chi connectivity index (χ1) is 16.0. The van der Waals surface area contributed by atoms with Crippen LogP contribution in [0.2, 0.25) is 0 Å². The minimum absolute atomic E-state index is 0.162. The third-order valence-corrected chi connectivity index (χ3v) is 6.77. The SMILES string of the molecule is CCOC(=O)C1=C(CN2CCC(N3CCCCC3)CC2)NC(=O)NC1c1ccc(F)c(F)c1. The van der Waals surface area contributed by atoms with Gasteiger partial charge in [0.1, 0.15) is 0 Å². The lowest BCUT2D eigenvalue weighted by Gasteiger charge is -2.41. The van der Waals surface area contributed by atoms with E-state index in [9.17, 15) is 18.4 Å². The van der Waals surface area contributed by atoms with Gasteiger partial charge in [-0.3, -0.25) is 4.90 Å². The van der Waals surface area contributed by atoms with E-state index in [2.05, 4.69) is 20.4 Å². The number of nitrogens with zero attached hydrogens (tertiary/aromatic N) is 2. The van der Waals surface area contributed by atoms with Crippen LogP contribution in [0.25, 0.3) is 0 Å². The van der Waals surface area contributed by atoms with Gasteiger partial charge < -0.3 is 20.3 Å². The minimum atomic E-state index is -1.04. The highest BCUT2D eigenvalue weighted by Gasteiger charge is 2.35. The van der Waals surface area contributed by atoms with Gasteiger partial charge in [0.25, 0.3) is 0 Å². The second-order valence-corrected chi connectivity index (χ2v) is 8.92. The molecule has 2 N–H and O–H groups in total. The summed E-state index contributed by atoms with van der Waals surface area (Å²) in [5.74, 6) is -2.61. The van der Waals surface area contributed by atoms with Gasteiger partial charge in [0.2, 0.25) is 0 Å². The van der Waals surface area contributed by atoms with Crippen molar-refractivity contribution < 1.29 is 23.1 Å². The average molecular weight is 463 g/mol. The second-order valence-electron chi connectivity index (χ2n) is 8.92. The Morgan fingerprint density at radius 2 is 1.82 bits per heavy atom. The van der Waals surface area contributed by atoms with Crippen molar-refractivity contribution in [3.8, 4) is 0 Å². The molecule has 1 aromatic rings. The first-order valence-electron chi connectivity index (χ1n) is 11.8. The summed E-state index contributed by atoms with van der Waals surface area (Å²) >= 11 is 0. The van der Waals surface area contributed by atoms with Gasteiger partial charge in [0.05, 0.1) is 18.2 Å². The van der Waals surface area contributed by atoms with Crippen LogP contribution in [0.4, 0.5) is 13.6 Å². The number of amides is 2. The summed E-state index contributed by atoms with van der Waals surface area (Å²) in [5, 5.41) is 5.43. The fourth-order valence-corrected chi connectivity index (χ4v) is 5.08. The average Bonchev–Trinajstić information content (AvgIpc) is 2.81. The van der Waals surface area contributed by atoms with Crippen LogP contribution in [0, 0.1) is 11.6 Å². The normalized spacial score (nSPS) is 23.2. The van der Waals surface area contributed by atoms with E-state index in [1.54, 1.807) is 6.92 Å². The van der Waals surface area contributed by atoms with Crippen molar-refractivity contribution in [3.63, 3.8) is 0 Å². The summed E-state index contributed by atoms with van der Waals surface area (Å²) < 4.78 is 32.7. The Hall–Kier alpha value is -2.52. The van der Waals surface area contributed by atoms with Gasteiger partial charge in [-0.1, -0.05) is 12.5 Å². The van der Waals surface area contributed by atoms with Crippen molar-refractivity contribution in [2.75, 3.05) is 39.3 Å². The molecule has 33 heavy (non-hydrogen) atoms. The molecule has 2 amide bonds. The Kier molecular flexibility index (Phi) is 7.60. The molecule has 1 unspecified atom stereocenters. The first kappa shape index (κ1) is 23.6. The summed E-state index contributed by atoms with van der Waals surface area (Å²) in [6.07, 6.45) is 5.93. The van der Waals surface area contributed by atoms with E-state index in [-0.39, 0.29) is 17.7 Å². The summed E-state index contributed by atoms with van der Waals surface area (Å²) in [4.78, 5) is 30.1. The third-order valence-electron chi connectivity index (χ3n) is 6.77. The number of nitrogens with one attached hydrogen (secondary N) is 2.